The Bertz CT molecular complexity index is 752. The average Bonchev–Trinajstić information content (AvgIpc) is 2.92. The number of benzene rings is 1. The summed E-state index contributed by atoms with van der Waals surface area (Å²) in [6, 6.07) is 11.9. The van der Waals surface area contributed by atoms with Crippen molar-refractivity contribution < 1.29 is 9.26 Å². The number of aromatic nitrogens is 2. The Hall–Kier alpha value is -2.40. The van der Waals surface area contributed by atoms with Crippen LogP contribution in [0.1, 0.15) is 17.1 Å². The molecule has 2 aromatic heterocycles. The van der Waals surface area contributed by atoms with Crippen LogP contribution in [0.4, 0.5) is 0 Å². The molecule has 0 unspecified atom stereocenters. The molecular weight excluding hydrogens is 266 g/mol. The number of nitrogens with one attached hydrogen (secondary N) is 1. The molecule has 3 aromatic rings. The molecule has 5 heteroatoms. The van der Waals surface area contributed by atoms with Gasteiger partial charge in [0.05, 0.1) is 25.0 Å². The van der Waals surface area contributed by atoms with Gasteiger partial charge >= 0.3 is 0 Å². The quantitative estimate of drug-likeness (QED) is 0.780. The Morgan fingerprint density at radius 1 is 1.19 bits per heavy atom. The number of nitrogens with zero attached hydrogens (tertiary/aromatic N) is 2. The number of ether oxygens (including phenoxy) is 1. The van der Waals surface area contributed by atoms with Gasteiger partial charge in [-0.05, 0) is 19.1 Å². The van der Waals surface area contributed by atoms with E-state index in [0.717, 1.165) is 33.8 Å². The summed E-state index contributed by atoms with van der Waals surface area (Å²) in [7, 11) is 1.66. The molecule has 0 radical (unpaired) electrons. The molecule has 0 aliphatic carbocycles. The van der Waals surface area contributed by atoms with Crippen LogP contribution in [0.15, 0.2) is 40.9 Å². The minimum atomic E-state index is 0.631. The van der Waals surface area contributed by atoms with Crippen molar-refractivity contribution in [1.82, 2.24) is 15.5 Å². The lowest BCUT2D eigenvalue weighted by atomic mass is 10.2. The van der Waals surface area contributed by atoms with Gasteiger partial charge in [-0.25, -0.2) is 4.98 Å². The summed E-state index contributed by atoms with van der Waals surface area (Å²) in [6.45, 7) is 3.20. The predicted molar refractivity (Wildman–Crippen MR) is 80.1 cm³/mol. The van der Waals surface area contributed by atoms with E-state index in [1.54, 1.807) is 7.11 Å². The first-order valence-electron chi connectivity index (χ1n) is 6.82. The standard InChI is InChI=1S/C16H17N3O2/c1-11-8-14(21-19-11)10-17-9-13-7-6-12-4-3-5-15(20-2)16(12)18-13/h3-8,17H,9-10H2,1-2H3. The molecule has 0 saturated heterocycles. The van der Waals surface area contributed by atoms with Crippen LogP contribution in [0.25, 0.3) is 10.9 Å². The topological polar surface area (TPSA) is 60.2 Å². The normalized spacial score (nSPS) is 11.0. The van der Waals surface area contributed by atoms with E-state index in [0.29, 0.717) is 13.1 Å². The molecule has 0 saturated carbocycles. The molecule has 0 bridgehead atoms. The summed E-state index contributed by atoms with van der Waals surface area (Å²) in [5.41, 5.74) is 2.73. The molecule has 3 rings (SSSR count). The van der Waals surface area contributed by atoms with E-state index in [4.69, 9.17) is 9.26 Å². The van der Waals surface area contributed by atoms with Gasteiger partial charge < -0.3 is 14.6 Å². The summed E-state index contributed by atoms with van der Waals surface area (Å²) in [5, 5.41) is 8.23. The van der Waals surface area contributed by atoms with Crippen LogP contribution in [0.5, 0.6) is 5.75 Å². The third-order valence-electron chi connectivity index (χ3n) is 3.24. The molecule has 1 N–H and O–H groups in total. The van der Waals surface area contributed by atoms with Crippen LogP contribution in [0.2, 0.25) is 0 Å². The fourth-order valence-electron chi connectivity index (χ4n) is 2.24. The number of para-hydroxylation sites is 1. The van der Waals surface area contributed by atoms with Crippen LogP contribution in [0, 0.1) is 6.92 Å². The average molecular weight is 283 g/mol. The summed E-state index contributed by atoms with van der Waals surface area (Å²) in [5.74, 6) is 1.62. The van der Waals surface area contributed by atoms with Gasteiger partial charge in [-0.2, -0.15) is 0 Å². The highest BCUT2D eigenvalue weighted by molar-refractivity contribution is 5.84. The highest BCUT2D eigenvalue weighted by atomic mass is 16.5. The molecule has 108 valence electrons. The summed E-state index contributed by atoms with van der Waals surface area (Å²) < 4.78 is 10.5. The number of hydrogen-bond acceptors (Lipinski definition) is 5. The lowest BCUT2D eigenvalue weighted by molar-refractivity contribution is 0.369. The number of fused-ring (bicyclic) bond motifs is 1. The Kier molecular flexibility index (Phi) is 3.83. The third-order valence-corrected chi connectivity index (χ3v) is 3.24. The van der Waals surface area contributed by atoms with Crippen LogP contribution >= 0.6 is 0 Å². The van der Waals surface area contributed by atoms with E-state index >= 15 is 0 Å². The van der Waals surface area contributed by atoms with E-state index < -0.39 is 0 Å². The summed E-state index contributed by atoms with van der Waals surface area (Å²) >= 11 is 0. The Morgan fingerprint density at radius 3 is 2.86 bits per heavy atom. The zero-order chi connectivity index (χ0) is 14.7. The smallest absolute Gasteiger partial charge is 0.150 e. The van der Waals surface area contributed by atoms with Crippen LogP contribution in [-0.4, -0.2) is 17.3 Å². The Balaban J connectivity index is 1.72. The lowest BCUT2D eigenvalue weighted by Gasteiger charge is -2.07. The monoisotopic (exact) mass is 283 g/mol. The number of pyridine rings is 1. The first-order chi connectivity index (χ1) is 10.3. The van der Waals surface area contributed by atoms with Crippen LogP contribution in [0.3, 0.4) is 0 Å². The van der Waals surface area contributed by atoms with Crippen LogP contribution < -0.4 is 10.1 Å². The summed E-state index contributed by atoms with van der Waals surface area (Å²) in [6.07, 6.45) is 0. The first-order valence-corrected chi connectivity index (χ1v) is 6.82. The molecule has 1 aromatic carbocycles. The van der Waals surface area contributed by atoms with Crippen molar-refractivity contribution in [3.63, 3.8) is 0 Å². The van der Waals surface area contributed by atoms with Gasteiger partial charge in [-0.3, -0.25) is 0 Å². The predicted octanol–water partition coefficient (Wildman–Crippen LogP) is 2.83. The molecule has 0 aliphatic rings. The molecular formula is C16H17N3O2. The maximum atomic E-state index is 5.35. The van der Waals surface area contributed by atoms with Crippen molar-refractivity contribution in [2.24, 2.45) is 0 Å². The molecule has 5 nitrogen and oxygen atoms in total. The second kappa shape index (κ2) is 5.93. The van der Waals surface area contributed by atoms with Crippen LogP contribution in [-0.2, 0) is 13.1 Å². The summed E-state index contributed by atoms with van der Waals surface area (Å²) in [4.78, 5) is 4.65. The highest BCUT2D eigenvalue weighted by Crippen LogP contribution is 2.23. The van der Waals surface area contributed by atoms with E-state index in [1.165, 1.54) is 0 Å². The number of methoxy groups -OCH3 is 1. The minimum absolute atomic E-state index is 0.631. The largest absolute Gasteiger partial charge is 0.494 e. The van der Waals surface area contributed by atoms with E-state index in [2.05, 4.69) is 21.5 Å². The van der Waals surface area contributed by atoms with Gasteiger partial charge in [0.1, 0.15) is 11.3 Å². The molecule has 21 heavy (non-hydrogen) atoms. The Morgan fingerprint density at radius 2 is 2.10 bits per heavy atom. The van der Waals surface area contributed by atoms with E-state index in [1.807, 2.05) is 37.3 Å². The highest BCUT2D eigenvalue weighted by Gasteiger charge is 2.05. The molecule has 0 amide bonds. The molecule has 0 aliphatic heterocycles. The van der Waals surface area contributed by atoms with Gasteiger partial charge in [-0.15, -0.1) is 0 Å². The zero-order valence-corrected chi connectivity index (χ0v) is 12.1. The SMILES string of the molecule is COc1cccc2ccc(CNCc3cc(C)no3)nc12. The van der Waals surface area contributed by atoms with Gasteiger partial charge in [0.2, 0.25) is 0 Å². The molecule has 2 heterocycles. The van der Waals surface area contributed by atoms with Gasteiger partial charge in [0.15, 0.2) is 5.76 Å². The second-order valence-electron chi connectivity index (χ2n) is 4.87. The van der Waals surface area contributed by atoms with E-state index in [9.17, 15) is 0 Å². The molecule has 0 atom stereocenters. The van der Waals surface area contributed by atoms with Crippen molar-refractivity contribution in [3.05, 3.63) is 53.5 Å². The fraction of sp³-hybridized carbons (Fsp3) is 0.250. The number of aryl methyl sites for hydroxylation is 1. The Labute approximate surface area is 122 Å². The van der Waals surface area contributed by atoms with Gasteiger partial charge in [0, 0.05) is 18.0 Å². The van der Waals surface area contributed by atoms with Crippen molar-refractivity contribution in [3.8, 4) is 5.75 Å². The third kappa shape index (κ3) is 3.03. The molecule has 0 spiro atoms. The van der Waals surface area contributed by atoms with Crippen molar-refractivity contribution in [2.45, 2.75) is 20.0 Å². The van der Waals surface area contributed by atoms with Gasteiger partial charge in [-0.1, -0.05) is 23.4 Å². The van der Waals surface area contributed by atoms with Crippen molar-refractivity contribution in [1.29, 1.82) is 0 Å². The first kappa shape index (κ1) is 13.6. The van der Waals surface area contributed by atoms with E-state index in [-0.39, 0.29) is 0 Å². The zero-order valence-electron chi connectivity index (χ0n) is 12.1. The van der Waals surface area contributed by atoms with Gasteiger partial charge in [0.25, 0.3) is 0 Å². The fourth-order valence-corrected chi connectivity index (χ4v) is 2.24. The maximum absolute atomic E-state index is 5.35. The second-order valence-corrected chi connectivity index (χ2v) is 4.87. The van der Waals surface area contributed by atoms with Crippen molar-refractivity contribution in [2.75, 3.05) is 7.11 Å². The minimum Gasteiger partial charge on any atom is -0.494 e. The number of hydrogen-bond donors (Lipinski definition) is 1. The number of rotatable bonds is 5. The van der Waals surface area contributed by atoms with Crippen molar-refractivity contribution >= 4 is 10.9 Å². The maximum Gasteiger partial charge on any atom is 0.150 e. The lowest BCUT2D eigenvalue weighted by Crippen LogP contribution is -2.13. The molecule has 0 fully saturated rings.